The van der Waals surface area contributed by atoms with Gasteiger partial charge < -0.3 is 15.4 Å². The Morgan fingerprint density at radius 1 is 1.12 bits per heavy atom. The summed E-state index contributed by atoms with van der Waals surface area (Å²) >= 11 is 0. The number of para-hydroxylation sites is 1. The Hall–Kier alpha value is -3.06. The molecule has 1 amide bonds. The highest BCUT2D eigenvalue weighted by atomic mass is 16.5. The minimum atomic E-state index is -0.305. The predicted molar refractivity (Wildman–Crippen MR) is 96.7 cm³/mol. The van der Waals surface area contributed by atoms with E-state index in [9.17, 15) is 4.79 Å². The van der Waals surface area contributed by atoms with Gasteiger partial charge in [0.25, 0.3) is 5.91 Å². The smallest absolute Gasteiger partial charge is 0.274 e. The Kier molecular flexibility index (Phi) is 5.48. The number of methoxy groups -OCH3 is 1. The first-order valence-corrected chi connectivity index (χ1v) is 7.99. The molecule has 3 rings (SSSR count). The Morgan fingerprint density at radius 3 is 2.88 bits per heavy atom. The molecule has 0 saturated carbocycles. The summed E-state index contributed by atoms with van der Waals surface area (Å²) in [6.07, 6.45) is 4.09. The van der Waals surface area contributed by atoms with Crippen molar-refractivity contribution in [2.45, 2.75) is 6.42 Å². The summed E-state index contributed by atoms with van der Waals surface area (Å²) in [6.45, 7) is 1.33. The highest BCUT2D eigenvalue weighted by molar-refractivity contribution is 6.07. The molecule has 0 spiro atoms. The number of carbonyl (C=O) groups excluding carboxylic acids is 1. The molecule has 0 bridgehead atoms. The Balaban J connectivity index is 1.72. The van der Waals surface area contributed by atoms with Crippen LogP contribution in [0.1, 0.15) is 16.9 Å². The maximum absolute atomic E-state index is 12.5. The van der Waals surface area contributed by atoms with E-state index < -0.39 is 0 Å². The lowest BCUT2D eigenvalue weighted by molar-refractivity contribution is 0.102. The van der Waals surface area contributed by atoms with Crippen LogP contribution in [0.2, 0.25) is 0 Å². The van der Waals surface area contributed by atoms with Crippen molar-refractivity contribution in [3.63, 3.8) is 0 Å². The number of hydrogen-bond donors (Lipinski definition) is 2. The van der Waals surface area contributed by atoms with E-state index in [2.05, 4.69) is 25.6 Å². The molecule has 0 saturated heterocycles. The van der Waals surface area contributed by atoms with Gasteiger partial charge in [-0.25, -0.2) is 9.97 Å². The highest BCUT2D eigenvalue weighted by Gasteiger charge is 2.11. The molecular formula is C18H19N5O2. The fourth-order valence-corrected chi connectivity index (χ4v) is 2.38. The normalized spacial score (nSPS) is 10.6. The van der Waals surface area contributed by atoms with Crippen LogP contribution in [0.4, 0.5) is 11.6 Å². The van der Waals surface area contributed by atoms with Crippen molar-refractivity contribution in [1.29, 1.82) is 0 Å². The zero-order valence-corrected chi connectivity index (χ0v) is 13.9. The van der Waals surface area contributed by atoms with Crippen molar-refractivity contribution < 1.29 is 9.53 Å². The molecule has 2 N–H and O–H groups in total. The van der Waals surface area contributed by atoms with Crippen LogP contribution in [-0.2, 0) is 4.74 Å². The van der Waals surface area contributed by atoms with Gasteiger partial charge >= 0.3 is 0 Å². The number of amides is 1. The molecule has 0 radical (unpaired) electrons. The lowest BCUT2D eigenvalue weighted by Crippen LogP contribution is -2.16. The molecule has 25 heavy (non-hydrogen) atoms. The van der Waals surface area contributed by atoms with Crippen molar-refractivity contribution in [3.05, 3.63) is 54.5 Å². The lowest BCUT2D eigenvalue weighted by Gasteiger charge is -2.09. The lowest BCUT2D eigenvalue weighted by atomic mass is 10.2. The van der Waals surface area contributed by atoms with E-state index in [1.54, 1.807) is 25.6 Å². The number of fused-ring (bicyclic) bond motifs is 1. The first kappa shape index (κ1) is 16.8. The van der Waals surface area contributed by atoms with Crippen LogP contribution in [0.15, 0.2) is 48.8 Å². The minimum absolute atomic E-state index is 0.289. The number of nitrogens with zero attached hydrogens (tertiary/aromatic N) is 3. The molecule has 0 fully saturated rings. The van der Waals surface area contributed by atoms with E-state index in [0.717, 1.165) is 17.3 Å². The molecule has 7 heteroatoms. The molecule has 2 aromatic heterocycles. The number of aromatic nitrogens is 3. The van der Waals surface area contributed by atoms with Gasteiger partial charge in [0.05, 0.1) is 11.2 Å². The van der Waals surface area contributed by atoms with Crippen LogP contribution in [0.5, 0.6) is 0 Å². The molecule has 2 heterocycles. The summed E-state index contributed by atoms with van der Waals surface area (Å²) in [6, 6.07) is 11.0. The molecule has 0 aliphatic heterocycles. The van der Waals surface area contributed by atoms with Crippen LogP contribution < -0.4 is 10.6 Å². The van der Waals surface area contributed by atoms with Crippen molar-refractivity contribution >= 4 is 28.4 Å². The fraction of sp³-hybridized carbons (Fsp3) is 0.222. The second-order valence-electron chi connectivity index (χ2n) is 5.37. The van der Waals surface area contributed by atoms with Crippen LogP contribution >= 0.6 is 0 Å². The number of anilines is 2. The monoisotopic (exact) mass is 337 g/mol. The van der Waals surface area contributed by atoms with Crippen LogP contribution in [0.25, 0.3) is 10.9 Å². The van der Waals surface area contributed by atoms with Gasteiger partial charge in [-0.15, -0.1) is 0 Å². The Labute approximate surface area is 145 Å². The fourth-order valence-electron chi connectivity index (χ4n) is 2.38. The van der Waals surface area contributed by atoms with E-state index in [-0.39, 0.29) is 11.6 Å². The van der Waals surface area contributed by atoms with E-state index in [4.69, 9.17) is 4.74 Å². The van der Waals surface area contributed by atoms with Crippen molar-refractivity contribution in [1.82, 2.24) is 15.0 Å². The van der Waals surface area contributed by atoms with E-state index in [1.165, 1.54) is 0 Å². The second-order valence-corrected chi connectivity index (χ2v) is 5.37. The molecule has 1 aromatic carbocycles. The first-order valence-electron chi connectivity index (χ1n) is 7.99. The topological polar surface area (TPSA) is 89.0 Å². The van der Waals surface area contributed by atoms with Gasteiger partial charge in [0.15, 0.2) is 0 Å². The largest absolute Gasteiger partial charge is 0.385 e. The predicted octanol–water partition coefficient (Wildman–Crippen LogP) is 2.73. The summed E-state index contributed by atoms with van der Waals surface area (Å²) in [5.74, 6) is 0.111. The van der Waals surface area contributed by atoms with Gasteiger partial charge in [-0.2, -0.15) is 0 Å². The van der Waals surface area contributed by atoms with Gasteiger partial charge in [-0.05, 0) is 24.6 Å². The van der Waals surface area contributed by atoms with Gasteiger partial charge in [0, 0.05) is 38.0 Å². The molecule has 3 aromatic rings. The van der Waals surface area contributed by atoms with Crippen molar-refractivity contribution in [2.24, 2.45) is 0 Å². The van der Waals surface area contributed by atoms with E-state index in [0.29, 0.717) is 24.8 Å². The zero-order chi connectivity index (χ0) is 17.5. The number of carbonyl (C=O) groups is 1. The van der Waals surface area contributed by atoms with Crippen LogP contribution in [-0.4, -0.2) is 41.1 Å². The van der Waals surface area contributed by atoms with Gasteiger partial charge in [-0.1, -0.05) is 18.2 Å². The number of hydrogen-bond acceptors (Lipinski definition) is 6. The van der Waals surface area contributed by atoms with Crippen molar-refractivity contribution in [3.8, 4) is 0 Å². The minimum Gasteiger partial charge on any atom is -0.385 e. The standard InChI is InChI=1S/C18H19N5O2/c1-25-12-4-10-20-18-21-11-8-15(23-18)17(24)22-14-7-2-5-13-6-3-9-19-16(13)14/h2-3,5-9,11H,4,10,12H2,1H3,(H,22,24)(H,20,21,23). The van der Waals surface area contributed by atoms with Gasteiger partial charge in [0.1, 0.15) is 5.69 Å². The van der Waals surface area contributed by atoms with Gasteiger partial charge in [-0.3, -0.25) is 9.78 Å². The Morgan fingerprint density at radius 2 is 2.00 bits per heavy atom. The van der Waals surface area contributed by atoms with Crippen molar-refractivity contribution in [2.75, 3.05) is 30.9 Å². The maximum atomic E-state index is 12.5. The summed E-state index contributed by atoms with van der Waals surface area (Å²) in [5, 5.41) is 6.90. The number of ether oxygens (including phenoxy) is 1. The highest BCUT2D eigenvalue weighted by Crippen LogP contribution is 2.21. The number of benzene rings is 1. The first-order chi connectivity index (χ1) is 12.3. The molecule has 0 unspecified atom stereocenters. The van der Waals surface area contributed by atoms with Gasteiger partial charge in [0.2, 0.25) is 5.95 Å². The third-order valence-corrected chi connectivity index (χ3v) is 3.58. The molecule has 0 aliphatic rings. The molecule has 7 nitrogen and oxygen atoms in total. The van der Waals surface area contributed by atoms with E-state index in [1.807, 2.05) is 30.3 Å². The third-order valence-electron chi connectivity index (χ3n) is 3.58. The zero-order valence-electron chi connectivity index (χ0n) is 13.9. The summed E-state index contributed by atoms with van der Waals surface area (Å²) in [5.41, 5.74) is 1.68. The third kappa shape index (κ3) is 4.27. The summed E-state index contributed by atoms with van der Waals surface area (Å²) in [7, 11) is 1.66. The quantitative estimate of drug-likeness (QED) is 0.645. The summed E-state index contributed by atoms with van der Waals surface area (Å²) < 4.78 is 4.99. The molecule has 128 valence electrons. The average Bonchev–Trinajstić information content (AvgIpc) is 2.66. The number of nitrogens with one attached hydrogen (secondary N) is 2. The SMILES string of the molecule is COCCCNc1nccc(C(=O)Nc2cccc3cccnc23)n1. The molecular weight excluding hydrogens is 318 g/mol. The number of rotatable bonds is 7. The second kappa shape index (κ2) is 8.16. The average molecular weight is 337 g/mol. The molecule has 0 aliphatic carbocycles. The molecule has 0 atom stereocenters. The Bertz CT molecular complexity index is 863. The van der Waals surface area contributed by atoms with Crippen LogP contribution in [0.3, 0.4) is 0 Å². The maximum Gasteiger partial charge on any atom is 0.274 e. The van der Waals surface area contributed by atoms with E-state index >= 15 is 0 Å². The summed E-state index contributed by atoms with van der Waals surface area (Å²) in [4.78, 5) is 25.2. The number of pyridine rings is 1. The van der Waals surface area contributed by atoms with Crippen LogP contribution in [0, 0.1) is 0 Å².